The van der Waals surface area contributed by atoms with Crippen molar-refractivity contribution in [2.45, 2.75) is 6.61 Å². The fourth-order valence-electron chi connectivity index (χ4n) is 1.54. The van der Waals surface area contributed by atoms with Crippen LogP contribution in [0, 0.1) is 10.1 Å². The molecule has 0 aliphatic heterocycles. The molecule has 0 saturated heterocycles. The molecule has 0 fully saturated rings. The molecule has 0 unspecified atom stereocenters. The van der Waals surface area contributed by atoms with Crippen LogP contribution in [0.4, 0.5) is 5.69 Å². The second kappa shape index (κ2) is 5.91. The fraction of sp³-hybridized carbons (Fsp3) is 0.0769. The Kier molecular flexibility index (Phi) is 4.24. The molecule has 0 aliphatic carbocycles. The summed E-state index contributed by atoms with van der Waals surface area (Å²) >= 11 is 11.9. The van der Waals surface area contributed by atoms with Gasteiger partial charge in [0, 0.05) is 12.1 Å². The van der Waals surface area contributed by atoms with Crippen molar-refractivity contribution in [1.29, 1.82) is 0 Å². The van der Waals surface area contributed by atoms with Crippen molar-refractivity contribution in [3.63, 3.8) is 0 Å². The van der Waals surface area contributed by atoms with E-state index in [1.165, 1.54) is 12.1 Å². The summed E-state index contributed by atoms with van der Waals surface area (Å²) in [6.07, 6.45) is 0. The maximum Gasteiger partial charge on any atom is 0.269 e. The highest BCUT2D eigenvalue weighted by molar-refractivity contribution is 6.37. The van der Waals surface area contributed by atoms with Gasteiger partial charge in [-0.15, -0.1) is 0 Å². The molecule has 0 aromatic heterocycles. The van der Waals surface area contributed by atoms with Crippen molar-refractivity contribution in [1.82, 2.24) is 0 Å². The lowest BCUT2D eigenvalue weighted by molar-refractivity contribution is -0.384. The lowest BCUT2D eigenvalue weighted by Crippen LogP contribution is -1.97. The number of hydrogen-bond acceptors (Lipinski definition) is 3. The van der Waals surface area contributed by atoms with Crippen LogP contribution in [-0.4, -0.2) is 4.92 Å². The largest absolute Gasteiger partial charge is 0.486 e. The number of halogens is 2. The summed E-state index contributed by atoms with van der Waals surface area (Å²) < 4.78 is 5.50. The standard InChI is InChI=1S/C13H9Cl2NO3/c14-11-5-2-6-12(15)13(11)19-8-9-3-1-4-10(7-9)16(17)18/h1-7H,8H2. The van der Waals surface area contributed by atoms with Crippen molar-refractivity contribution in [2.24, 2.45) is 0 Å². The van der Waals surface area contributed by atoms with Crippen LogP contribution in [0.15, 0.2) is 42.5 Å². The Morgan fingerprint density at radius 3 is 2.37 bits per heavy atom. The smallest absolute Gasteiger partial charge is 0.269 e. The second-order valence-corrected chi connectivity index (χ2v) is 4.58. The van der Waals surface area contributed by atoms with Crippen molar-refractivity contribution < 1.29 is 9.66 Å². The number of para-hydroxylation sites is 1. The van der Waals surface area contributed by atoms with Gasteiger partial charge in [-0.25, -0.2) is 0 Å². The molecule has 0 amide bonds. The van der Waals surface area contributed by atoms with E-state index in [-0.39, 0.29) is 12.3 Å². The minimum atomic E-state index is -0.452. The zero-order valence-corrected chi connectivity index (χ0v) is 11.2. The number of nitrogens with zero attached hydrogens (tertiary/aromatic N) is 1. The van der Waals surface area contributed by atoms with Crippen LogP contribution in [0.1, 0.15) is 5.56 Å². The van der Waals surface area contributed by atoms with Gasteiger partial charge in [0.1, 0.15) is 6.61 Å². The zero-order valence-electron chi connectivity index (χ0n) is 9.68. The monoisotopic (exact) mass is 297 g/mol. The fourth-order valence-corrected chi connectivity index (χ4v) is 2.04. The molecule has 0 radical (unpaired) electrons. The third-order valence-corrected chi connectivity index (χ3v) is 3.02. The van der Waals surface area contributed by atoms with Crippen molar-refractivity contribution in [2.75, 3.05) is 0 Å². The molecule has 2 aromatic rings. The second-order valence-electron chi connectivity index (χ2n) is 3.77. The van der Waals surface area contributed by atoms with Crippen LogP contribution < -0.4 is 4.74 Å². The molecule has 0 aliphatic rings. The normalized spacial score (nSPS) is 10.2. The van der Waals surface area contributed by atoms with Gasteiger partial charge in [0.05, 0.1) is 15.0 Å². The van der Waals surface area contributed by atoms with E-state index in [4.69, 9.17) is 27.9 Å². The van der Waals surface area contributed by atoms with Gasteiger partial charge in [-0.3, -0.25) is 10.1 Å². The number of rotatable bonds is 4. The third kappa shape index (κ3) is 3.36. The Hall–Kier alpha value is -1.78. The van der Waals surface area contributed by atoms with E-state index in [0.717, 1.165) is 0 Å². The van der Waals surface area contributed by atoms with E-state index in [9.17, 15) is 10.1 Å². The minimum absolute atomic E-state index is 0.0198. The Balaban J connectivity index is 2.15. The van der Waals surface area contributed by atoms with Gasteiger partial charge in [0.25, 0.3) is 5.69 Å². The van der Waals surface area contributed by atoms with E-state index < -0.39 is 4.92 Å². The highest BCUT2D eigenvalue weighted by atomic mass is 35.5. The first-order valence-corrected chi connectivity index (χ1v) is 6.13. The first-order chi connectivity index (χ1) is 9.08. The first kappa shape index (κ1) is 13.6. The molecular weight excluding hydrogens is 289 g/mol. The lowest BCUT2D eigenvalue weighted by Gasteiger charge is -2.09. The predicted molar refractivity (Wildman–Crippen MR) is 73.9 cm³/mol. The minimum Gasteiger partial charge on any atom is -0.486 e. The quantitative estimate of drug-likeness (QED) is 0.617. The summed E-state index contributed by atoms with van der Waals surface area (Å²) in [5.41, 5.74) is 0.691. The Morgan fingerprint density at radius 1 is 1.11 bits per heavy atom. The van der Waals surface area contributed by atoms with Crippen molar-refractivity contribution >= 4 is 28.9 Å². The van der Waals surface area contributed by atoms with Crippen LogP contribution in [0.3, 0.4) is 0 Å². The van der Waals surface area contributed by atoms with Crippen LogP contribution >= 0.6 is 23.2 Å². The summed E-state index contributed by atoms with van der Waals surface area (Å²) in [6, 6.07) is 11.2. The molecule has 98 valence electrons. The SMILES string of the molecule is O=[N+]([O-])c1cccc(COc2c(Cl)cccc2Cl)c1. The van der Waals surface area contributed by atoms with Gasteiger partial charge in [0.15, 0.2) is 5.75 Å². The molecule has 0 spiro atoms. The van der Waals surface area contributed by atoms with Crippen LogP contribution in [0.5, 0.6) is 5.75 Å². The Bertz CT molecular complexity index is 596. The number of hydrogen-bond donors (Lipinski definition) is 0. The van der Waals surface area contributed by atoms with Gasteiger partial charge in [-0.1, -0.05) is 41.4 Å². The molecule has 0 bridgehead atoms. The van der Waals surface area contributed by atoms with Crippen LogP contribution in [0.2, 0.25) is 10.0 Å². The average molecular weight is 298 g/mol. The topological polar surface area (TPSA) is 52.4 Å². The molecule has 2 aromatic carbocycles. The molecule has 2 rings (SSSR count). The molecule has 4 nitrogen and oxygen atoms in total. The van der Waals surface area contributed by atoms with Crippen molar-refractivity contribution in [3.8, 4) is 5.75 Å². The summed E-state index contributed by atoms with van der Waals surface area (Å²) in [5, 5.41) is 11.5. The summed E-state index contributed by atoms with van der Waals surface area (Å²) in [6.45, 7) is 0.158. The number of nitro groups is 1. The summed E-state index contributed by atoms with van der Waals surface area (Å²) in [5.74, 6) is 0.373. The predicted octanol–water partition coefficient (Wildman–Crippen LogP) is 4.48. The van der Waals surface area contributed by atoms with Crippen LogP contribution in [-0.2, 0) is 6.61 Å². The van der Waals surface area contributed by atoms with E-state index in [1.54, 1.807) is 30.3 Å². The Morgan fingerprint density at radius 2 is 1.74 bits per heavy atom. The van der Waals surface area contributed by atoms with Gasteiger partial charge < -0.3 is 4.74 Å². The third-order valence-electron chi connectivity index (χ3n) is 2.42. The number of ether oxygens (including phenoxy) is 1. The molecule has 19 heavy (non-hydrogen) atoms. The summed E-state index contributed by atoms with van der Waals surface area (Å²) in [4.78, 5) is 10.2. The van der Waals surface area contributed by atoms with E-state index in [2.05, 4.69) is 0 Å². The number of benzene rings is 2. The molecular formula is C13H9Cl2NO3. The van der Waals surface area contributed by atoms with Gasteiger partial charge in [-0.2, -0.15) is 0 Å². The van der Waals surface area contributed by atoms with E-state index >= 15 is 0 Å². The molecule has 0 saturated carbocycles. The number of nitro benzene ring substituents is 1. The van der Waals surface area contributed by atoms with Crippen LogP contribution in [0.25, 0.3) is 0 Å². The van der Waals surface area contributed by atoms with Crippen molar-refractivity contribution in [3.05, 3.63) is 68.2 Å². The lowest BCUT2D eigenvalue weighted by atomic mass is 10.2. The Labute approximate surface area is 119 Å². The molecule has 0 heterocycles. The first-order valence-electron chi connectivity index (χ1n) is 5.38. The molecule has 6 heteroatoms. The molecule has 0 N–H and O–H groups in total. The maximum absolute atomic E-state index is 10.7. The summed E-state index contributed by atoms with van der Waals surface area (Å²) in [7, 11) is 0. The highest BCUT2D eigenvalue weighted by Gasteiger charge is 2.09. The zero-order chi connectivity index (χ0) is 13.8. The highest BCUT2D eigenvalue weighted by Crippen LogP contribution is 2.33. The van der Waals surface area contributed by atoms with Gasteiger partial charge in [0.2, 0.25) is 0 Å². The average Bonchev–Trinajstić information content (AvgIpc) is 2.38. The van der Waals surface area contributed by atoms with Gasteiger partial charge in [-0.05, 0) is 17.7 Å². The number of non-ortho nitro benzene ring substituents is 1. The maximum atomic E-state index is 10.7. The van der Waals surface area contributed by atoms with E-state index in [0.29, 0.717) is 21.4 Å². The molecule has 0 atom stereocenters. The van der Waals surface area contributed by atoms with Gasteiger partial charge >= 0.3 is 0 Å². The van der Waals surface area contributed by atoms with E-state index in [1.807, 2.05) is 0 Å².